The number of anilines is 2. The number of nitrogens with zero attached hydrogens (tertiary/aromatic N) is 3. The highest BCUT2D eigenvalue weighted by atomic mass is 16.3. The van der Waals surface area contributed by atoms with Crippen LogP contribution >= 0.6 is 0 Å². The summed E-state index contributed by atoms with van der Waals surface area (Å²) in [5.41, 5.74) is 4.51. The predicted molar refractivity (Wildman–Crippen MR) is 117 cm³/mol. The van der Waals surface area contributed by atoms with Crippen LogP contribution in [-0.4, -0.2) is 42.1 Å². The van der Waals surface area contributed by atoms with Gasteiger partial charge in [-0.25, -0.2) is 4.98 Å². The molecule has 1 amide bonds. The zero-order valence-electron chi connectivity index (χ0n) is 16.3. The van der Waals surface area contributed by atoms with E-state index >= 15 is 0 Å². The van der Waals surface area contributed by atoms with E-state index in [1.165, 1.54) is 0 Å². The van der Waals surface area contributed by atoms with Gasteiger partial charge in [-0.15, -0.1) is 0 Å². The summed E-state index contributed by atoms with van der Waals surface area (Å²) in [6, 6.07) is 15.2. The number of fused-ring (bicyclic) bond motifs is 1. The number of hydrogen-bond donors (Lipinski definition) is 2. The second-order valence-corrected chi connectivity index (χ2v) is 7.17. The number of hydrogen-bond acceptors (Lipinski definition) is 6. The molecule has 1 aliphatic rings. The number of aromatic nitrogens is 2. The number of nitrogens with one attached hydrogen (secondary N) is 2. The third-order valence-corrected chi connectivity index (χ3v) is 5.23. The Morgan fingerprint density at radius 2 is 2.00 bits per heavy atom. The van der Waals surface area contributed by atoms with Gasteiger partial charge in [-0.3, -0.25) is 9.78 Å². The third kappa shape index (κ3) is 3.62. The highest BCUT2D eigenvalue weighted by Gasteiger charge is 2.17. The van der Waals surface area contributed by atoms with Crippen molar-refractivity contribution in [2.45, 2.75) is 0 Å². The van der Waals surface area contributed by atoms with Crippen LogP contribution in [0.25, 0.3) is 22.2 Å². The molecule has 4 heterocycles. The maximum absolute atomic E-state index is 13.0. The van der Waals surface area contributed by atoms with Gasteiger partial charge in [-0.05, 0) is 42.5 Å². The van der Waals surface area contributed by atoms with Crippen LogP contribution in [0.4, 0.5) is 11.4 Å². The monoisotopic (exact) mass is 399 g/mol. The fraction of sp³-hybridized carbons (Fsp3) is 0.174. The van der Waals surface area contributed by atoms with Crippen LogP contribution in [0.1, 0.15) is 10.5 Å². The van der Waals surface area contributed by atoms with E-state index < -0.39 is 0 Å². The van der Waals surface area contributed by atoms with E-state index in [4.69, 9.17) is 4.42 Å². The molecule has 0 unspecified atom stereocenters. The van der Waals surface area contributed by atoms with E-state index in [0.717, 1.165) is 54.1 Å². The molecule has 2 N–H and O–H groups in total. The molecule has 3 aromatic heterocycles. The predicted octanol–water partition coefficient (Wildman–Crippen LogP) is 3.55. The van der Waals surface area contributed by atoms with Crippen LogP contribution in [0.5, 0.6) is 0 Å². The lowest BCUT2D eigenvalue weighted by molar-refractivity contribution is 0.102. The molecular formula is C23H21N5O2. The average molecular weight is 399 g/mol. The molecule has 0 saturated carbocycles. The van der Waals surface area contributed by atoms with Crippen molar-refractivity contribution < 1.29 is 9.21 Å². The van der Waals surface area contributed by atoms with Crippen molar-refractivity contribution >= 4 is 28.3 Å². The van der Waals surface area contributed by atoms with Crippen LogP contribution < -0.4 is 15.5 Å². The van der Waals surface area contributed by atoms with Gasteiger partial charge in [0.25, 0.3) is 5.91 Å². The molecule has 0 radical (unpaired) electrons. The molecule has 0 bridgehead atoms. The third-order valence-electron chi connectivity index (χ3n) is 5.23. The quantitative estimate of drug-likeness (QED) is 0.546. The zero-order chi connectivity index (χ0) is 20.3. The number of rotatable bonds is 4. The Bertz CT molecular complexity index is 1200. The lowest BCUT2D eigenvalue weighted by Crippen LogP contribution is -2.43. The van der Waals surface area contributed by atoms with E-state index in [2.05, 4.69) is 25.5 Å². The summed E-state index contributed by atoms with van der Waals surface area (Å²) in [6.45, 7) is 3.61. The molecule has 7 nitrogen and oxygen atoms in total. The minimum absolute atomic E-state index is 0.259. The topological polar surface area (TPSA) is 83.3 Å². The Kier molecular flexibility index (Phi) is 4.86. The summed E-state index contributed by atoms with van der Waals surface area (Å²) in [5, 5.41) is 7.33. The van der Waals surface area contributed by atoms with Crippen LogP contribution in [0.2, 0.25) is 0 Å². The summed E-state index contributed by atoms with van der Waals surface area (Å²) in [4.78, 5) is 24.0. The van der Waals surface area contributed by atoms with E-state index in [1.54, 1.807) is 24.7 Å². The number of pyridine rings is 2. The summed E-state index contributed by atoms with van der Waals surface area (Å²) in [5.74, 6) is -0.259. The van der Waals surface area contributed by atoms with Gasteiger partial charge in [0.2, 0.25) is 0 Å². The summed E-state index contributed by atoms with van der Waals surface area (Å²) in [6.07, 6.45) is 5.10. The van der Waals surface area contributed by atoms with Gasteiger partial charge in [-0.1, -0.05) is 6.07 Å². The summed E-state index contributed by atoms with van der Waals surface area (Å²) in [7, 11) is 0. The minimum atomic E-state index is -0.259. The highest BCUT2D eigenvalue weighted by Crippen LogP contribution is 2.26. The van der Waals surface area contributed by atoms with Crippen molar-refractivity contribution in [2.75, 3.05) is 36.4 Å². The number of furan rings is 1. The second-order valence-electron chi connectivity index (χ2n) is 7.17. The van der Waals surface area contributed by atoms with Gasteiger partial charge in [0.1, 0.15) is 11.3 Å². The fourth-order valence-electron chi connectivity index (χ4n) is 3.70. The van der Waals surface area contributed by atoms with Crippen molar-refractivity contribution in [1.29, 1.82) is 0 Å². The van der Waals surface area contributed by atoms with Crippen molar-refractivity contribution in [1.82, 2.24) is 15.3 Å². The fourth-order valence-corrected chi connectivity index (χ4v) is 3.70. The average Bonchev–Trinajstić information content (AvgIpc) is 3.28. The number of piperazine rings is 1. The standard InChI is InChI=1S/C23H21N5O2/c29-23(27-20-15-25-8-6-21(20)28-11-9-24-10-12-28)19-3-1-2-18(26-19)16-4-5-22-17(14-16)7-13-30-22/h1-8,13-15,24H,9-12H2,(H,27,29). The van der Waals surface area contributed by atoms with Gasteiger partial charge in [-0.2, -0.15) is 0 Å². The van der Waals surface area contributed by atoms with E-state index in [1.807, 2.05) is 42.5 Å². The molecule has 5 rings (SSSR count). The molecule has 30 heavy (non-hydrogen) atoms. The number of carbonyl (C=O) groups excluding carboxylic acids is 1. The van der Waals surface area contributed by atoms with Gasteiger partial charge in [0.15, 0.2) is 0 Å². The van der Waals surface area contributed by atoms with E-state index in [-0.39, 0.29) is 5.91 Å². The number of amides is 1. The largest absolute Gasteiger partial charge is 0.464 e. The van der Waals surface area contributed by atoms with Crippen LogP contribution in [0, 0.1) is 0 Å². The Balaban J connectivity index is 1.40. The molecule has 0 aliphatic carbocycles. The molecule has 1 fully saturated rings. The van der Waals surface area contributed by atoms with Gasteiger partial charge < -0.3 is 20.0 Å². The van der Waals surface area contributed by atoms with Crippen LogP contribution in [0.3, 0.4) is 0 Å². The van der Waals surface area contributed by atoms with Gasteiger partial charge >= 0.3 is 0 Å². The molecular weight excluding hydrogens is 378 g/mol. The molecule has 0 spiro atoms. The Morgan fingerprint density at radius 1 is 1.10 bits per heavy atom. The Labute approximate surface area is 173 Å². The number of carbonyl (C=O) groups is 1. The van der Waals surface area contributed by atoms with E-state index in [9.17, 15) is 4.79 Å². The van der Waals surface area contributed by atoms with Crippen molar-refractivity contribution in [3.63, 3.8) is 0 Å². The van der Waals surface area contributed by atoms with E-state index in [0.29, 0.717) is 11.4 Å². The first kappa shape index (κ1) is 18.3. The zero-order valence-corrected chi connectivity index (χ0v) is 16.3. The lowest BCUT2D eigenvalue weighted by Gasteiger charge is -2.30. The molecule has 4 aromatic rings. The normalized spacial score (nSPS) is 14.1. The molecule has 1 saturated heterocycles. The first-order chi connectivity index (χ1) is 14.8. The number of benzene rings is 1. The Hall–Kier alpha value is -3.71. The first-order valence-electron chi connectivity index (χ1n) is 9.94. The first-order valence-corrected chi connectivity index (χ1v) is 9.94. The Morgan fingerprint density at radius 3 is 2.90 bits per heavy atom. The SMILES string of the molecule is O=C(Nc1cnccc1N1CCNCC1)c1cccc(-c2ccc3occc3c2)n1. The second kappa shape index (κ2) is 7.96. The van der Waals surface area contributed by atoms with Crippen molar-refractivity contribution in [3.05, 3.63) is 72.9 Å². The lowest BCUT2D eigenvalue weighted by atomic mass is 10.1. The maximum Gasteiger partial charge on any atom is 0.274 e. The summed E-state index contributed by atoms with van der Waals surface area (Å²) < 4.78 is 5.40. The molecule has 1 aliphatic heterocycles. The summed E-state index contributed by atoms with van der Waals surface area (Å²) >= 11 is 0. The van der Waals surface area contributed by atoms with Crippen LogP contribution in [0.15, 0.2) is 71.6 Å². The molecule has 7 heteroatoms. The van der Waals surface area contributed by atoms with Gasteiger partial charge in [0.05, 0.1) is 29.5 Å². The van der Waals surface area contributed by atoms with Crippen molar-refractivity contribution in [2.24, 2.45) is 0 Å². The highest BCUT2D eigenvalue weighted by molar-refractivity contribution is 6.04. The molecule has 150 valence electrons. The van der Waals surface area contributed by atoms with Crippen LogP contribution in [-0.2, 0) is 0 Å². The smallest absolute Gasteiger partial charge is 0.274 e. The minimum Gasteiger partial charge on any atom is -0.464 e. The molecule has 1 aromatic carbocycles. The maximum atomic E-state index is 13.0. The van der Waals surface area contributed by atoms with Gasteiger partial charge in [0, 0.05) is 43.3 Å². The molecule has 0 atom stereocenters. The van der Waals surface area contributed by atoms with Crippen molar-refractivity contribution in [3.8, 4) is 11.3 Å².